The summed E-state index contributed by atoms with van der Waals surface area (Å²) in [6.07, 6.45) is 2.77. The Bertz CT molecular complexity index is 94.6. The zero-order valence-electron chi connectivity index (χ0n) is 7.43. The van der Waals surface area contributed by atoms with Gasteiger partial charge in [-0.05, 0) is 43.4 Å². The molecule has 2 atom stereocenters. The Morgan fingerprint density at radius 2 is 1.40 bits per heavy atom. The monoisotopic (exact) mass is 139 g/mol. The highest BCUT2D eigenvalue weighted by Crippen LogP contribution is 2.36. The third kappa shape index (κ3) is 1.53. The molecule has 0 aromatic rings. The van der Waals surface area contributed by atoms with Gasteiger partial charge in [0.25, 0.3) is 0 Å². The number of rotatable bonds is 0. The highest BCUT2D eigenvalue weighted by atomic mass is 14.3. The van der Waals surface area contributed by atoms with Gasteiger partial charge in [-0.2, -0.15) is 0 Å². The standard InChI is InChI=1S/C10H19/c1-7-5-8(2)10(4)9(3)6-7/h7-10H,4-6H2,1-3H3. The molecule has 1 saturated carbocycles. The van der Waals surface area contributed by atoms with E-state index in [1.807, 2.05) is 0 Å². The first kappa shape index (κ1) is 8.10. The normalized spacial score (nSPS) is 49.2. The van der Waals surface area contributed by atoms with Crippen LogP contribution in [0.3, 0.4) is 0 Å². The van der Waals surface area contributed by atoms with E-state index < -0.39 is 0 Å². The van der Waals surface area contributed by atoms with Crippen molar-refractivity contribution in [3.63, 3.8) is 0 Å². The molecular weight excluding hydrogens is 120 g/mol. The molecular formula is C10H19. The average molecular weight is 139 g/mol. The van der Waals surface area contributed by atoms with Crippen molar-refractivity contribution in [3.05, 3.63) is 6.92 Å². The van der Waals surface area contributed by atoms with Crippen molar-refractivity contribution in [1.29, 1.82) is 0 Å². The summed E-state index contributed by atoms with van der Waals surface area (Å²) in [5.41, 5.74) is 0. The maximum absolute atomic E-state index is 4.19. The van der Waals surface area contributed by atoms with Crippen molar-refractivity contribution >= 4 is 0 Å². The zero-order chi connectivity index (χ0) is 7.72. The molecule has 0 amide bonds. The predicted molar refractivity (Wildman–Crippen MR) is 45.6 cm³/mol. The minimum Gasteiger partial charge on any atom is -0.0625 e. The third-order valence-electron chi connectivity index (χ3n) is 3.01. The summed E-state index contributed by atoms with van der Waals surface area (Å²) in [6.45, 7) is 11.2. The molecule has 1 rings (SSSR count). The largest absolute Gasteiger partial charge is 0.0625 e. The zero-order valence-corrected chi connectivity index (χ0v) is 7.43. The van der Waals surface area contributed by atoms with Crippen LogP contribution in [0.15, 0.2) is 0 Å². The van der Waals surface area contributed by atoms with Gasteiger partial charge in [-0.15, -0.1) is 0 Å². The predicted octanol–water partition coefficient (Wildman–Crippen LogP) is 3.14. The van der Waals surface area contributed by atoms with E-state index in [1.54, 1.807) is 0 Å². The molecule has 0 heteroatoms. The number of hydrogen-bond donors (Lipinski definition) is 0. The highest BCUT2D eigenvalue weighted by Gasteiger charge is 2.27. The van der Waals surface area contributed by atoms with Gasteiger partial charge in [0.05, 0.1) is 0 Å². The van der Waals surface area contributed by atoms with Crippen LogP contribution in [0.25, 0.3) is 0 Å². The molecule has 0 spiro atoms. The molecule has 1 radical (unpaired) electrons. The second-order valence-electron chi connectivity index (χ2n) is 4.19. The lowest BCUT2D eigenvalue weighted by atomic mass is 9.71. The van der Waals surface area contributed by atoms with E-state index in [0.29, 0.717) is 5.92 Å². The Kier molecular flexibility index (Phi) is 2.38. The van der Waals surface area contributed by atoms with Crippen molar-refractivity contribution in [2.75, 3.05) is 0 Å². The molecule has 1 aliphatic carbocycles. The second-order valence-corrected chi connectivity index (χ2v) is 4.19. The van der Waals surface area contributed by atoms with Gasteiger partial charge in [0.2, 0.25) is 0 Å². The first-order valence-corrected chi connectivity index (χ1v) is 4.44. The summed E-state index contributed by atoms with van der Waals surface area (Å²) in [6, 6.07) is 0. The van der Waals surface area contributed by atoms with Crippen molar-refractivity contribution < 1.29 is 0 Å². The summed E-state index contributed by atoms with van der Waals surface area (Å²) in [5.74, 6) is 3.33. The topological polar surface area (TPSA) is 0 Å². The smallest absolute Gasteiger partial charge is 0.0362 e. The molecule has 2 unspecified atom stereocenters. The molecule has 0 heterocycles. The fourth-order valence-corrected chi connectivity index (χ4v) is 2.28. The summed E-state index contributed by atoms with van der Waals surface area (Å²) in [7, 11) is 0. The van der Waals surface area contributed by atoms with E-state index in [2.05, 4.69) is 27.7 Å². The Morgan fingerprint density at radius 1 is 1.00 bits per heavy atom. The maximum atomic E-state index is 4.19. The fraction of sp³-hybridized carbons (Fsp3) is 0.900. The Balaban J connectivity index is 2.49. The lowest BCUT2D eigenvalue weighted by Gasteiger charge is -2.35. The van der Waals surface area contributed by atoms with Crippen LogP contribution in [-0.4, -0.2) is 0 Å². The molecule has 1 fully saturated rings. The molecule has 0 saturated heterocycles. The molecule has 0 nitrogen and oxygen atoms in total. The summed E-state index contributed by atoms with van der Waals surface area (Å²) >= 11 is 0. The van der Waals surface area contributed by atoms with E-state index in [-0.39, 0.29) is 0 Å². The minimum absolute atomic E-state index is 0.705. The second kappa shape index (κ2) is 2.94. The van der Waals surface area contributed by atoms with E-state index in [9.17, 15) is 0 Å². The molecule has 1 aliphatic rings. The van der Waals surface area contributed by atoms with E-state index in [1.165, 1.54) is 12.8 Å². The third-order valence-corrected chi connectivity index (χ3v) is 3.01. The van der Waals surface area contributed by atoms with Crippen LogP contribution in [0.4, 0.5) is 0 Å². The molecule has 0 aromatic heterocycles. The summed E-state index contributed by atoms with van der Waals surface area (Å²) < 4.78 is 0. The van der Waals surface area contributed by atoms with Gasteiger partial charge in [0, 0.05) is 0 Å². The molecule has 0 N–H and O–H groups in total. The molecule has 0 aliphatic heterocycles. The van der Waals surface area contributed by atoms with Gasteiger partial charge in [-0.1, -0.05) is 20.8 Å². The molecule has 0 bridgehead atoms. The molecule has 10 heavy (non-hydrogen) atoms. The maximum Gasteiger partial charge on any atom is -0.0362 e. The van der Waals surface area contributed by atoms with Crippen LogP contribution < -0.4 is 0 Å². The van der Waals surface area contributed by atoms with Crippen molar-refractivity contribution in [1.82, 2.24) is 0 Å². The molecule has 0 aromatic carbocycles. The van der Waals surface area contributed by atoms with Crippen molar-refractivity contribution in [3.8, 4) is 0 Å². The average Bonchev–Trinajstić information content (AvgIpc) is 1.82. The van der Waals surface area contributed by atoms with Gasteiger partial charge in [0.1, 0.15) is 0 Å². The lowest BCUT2D eigenvalue weighted by molar-refractivity contribution is 0.170. The van der Waals surface area contributed by atoms with Crippen molar-refractivity contribution in [2.24, 2.45) is 23.7 Å². The van der Waals surface area contributed by atoms with Crippen LogP contribution in [0.1, 0.15) is 33.6 Å². The van der Waals surface area contributed by atoms with Gasteiger partial charge in [0.15, 0.2) is 0 Å². The Hall–Kier alpha value is 0. The van der Waals surface area contributed by atoms with Gasteiger partial charge in [-0.3, -0.25) is 0 Å². The van der Waals surface area contributed by atoms with Crippen LogP contribution >= 0.6 is 0 Å². The van der Waals surface area contributed by atoms with Crippen molar-refractivity contribution in [2.45, 2.75) is 33.6 Å². The lowest BCUT2D eigenvalue weighted by Crippen LogP contribution is -2.26. The van der Waals surface area contributed by atoms with E-state index >= 15 is 0 Å². The summed E-state index contributed by atoms with van der Waals surface area (Å²) in [4.78, 5) is 0. The quantitative estimate of drug-likeness (QED) is 0.483. The van der Waals surface area contributed by atoms with Gasteiger partial charge in [-0.25, -0.2) is 0 Å². The Morgan fingerprint density at radius 3 is 1.80 bits per heavy atom. The summed E-state index contributed by atoms with van der Waals surface area (Å²) in [5, 5.41) is 0. The highest BCUT2D eigenvalue weighted by molar-refractivity contribution is 4.81. The number of hydrogen-bond acceptors (Lipinski definition) is 0. The Labute approximate surface area is 65.0 Å². The molecule has 59 valence electrons. The van der Waals surface area contributed by atoms with Gasteiger partial charge < -0.3 is 0 Å². The fourth-order valence-electron chi connectivity index (χ4n) is 2.28. The van der Waals surface area contributed by atoms with Crippen LogP contribution in [0, 0.1) is 30.6 Å². The first-order valence-electron chi connectivity index (χ1n) is 4.44. The first-order chi connectivity index (χ1) is 4.61. The van der Waals surface area contributed by atoms with Crippen LogP contribution in [0.5, 0.6) is 0 Å². The SMILES string of the molecule is [CH2]C1C(C)CC(C)CC1C. The minimum atomic E-state index is 0.705. The van der Waals surface area contributed by atoms with Gasteiger partial charge >= 0.3 is 0 Å². The van der Waals surface area contributed by atoms with E-state index in [4.69, 9.17) is 0 Å². The van der Waals surface area contributed by atoms with Crippen LogP contribution in [0.2, 0.25) is 0 Å². The van der Waals surface area contributed by atoms with Crippen LogP contribution in [-0.2, 0) is 0 Å². The van der Waals surface area contributed by atoms with E-state index in [0.717, 1.165) is 17.8 Å².